The molecule has 0 bridgehead atoms. The van der Waals surface area contributed by atoms with Gasteiger partial charge in [-0.05, 0) is 55.3 Å². The predicted octanol–water partition coefficient (Wildman–Crippen LogP) is 3.62. The van der Waals surface area contributed by atoms with E-state index in [4.69, 9.17) is 6.42 Å². The fourth-order valence-corrected chi connectivity index (χ4v) is 3.55. The summed E-state index contributed by atoms with van der Waals surface area (Å²) in [4.78, 5) is 2.52. The van der Waals surface area contributed by atoms with Crippen molar-refractivity contribution in [1.82, 2.24) is 15.1 Å². The fraction of sp³-hybridized carbons (Fsp3) is 0.286. The van der Waals surface area contributed by atoms with Crippen LogP contribution in [0, 0.1) is 12.3 Å². The second-order valence-electron chi connectivity index (χ2n) is 6.73. The number of rotatable bonds is 4. The van der Waals surface area contributed by atoms with E-state index < -0.39 is 0 Å². The van der Waals surface area contributed by atoms with E-state index in [2.05, 4.69) is 56.7 Å². The number of hydrogen-bond donors (Lipinski definition) is 2. The lowest BCUT2D eigenvalue weighted by Gasteiger charge is -2.33. The number of piperidine rings is 1. The molecule has 1 fully saturated rings. The zero-order valence-electron chi connectivity index (χ0n) is 14.2. The molecule has 0 saturated carbocycles. The Hall–Kier alpha value is -2.77. The molecule has 4 nitrogen and oxygen atoms in total. The fourth-order valence-electron chi connectivity index (χ4n) is 3.55. The Bertz CT molecular complexity index is 888. The van der Waals surface area contributed by atoms with Gasteiger partial charge in [-0.25, -0.2) is 0 Å². The maximum Gasteiger partial charge on any atom is 0.0651 e. The van der Waals surface area contributed by atoms with Crippen LogP contribution in [0.25, 0.3) is 10.9 Å². The van der Waals surface area contributed by atoms with Gasteiger partial charge < -0.3 is 5.32 Å². The molecule has 0 aliphatic carbocycles. The zero-order chi connectivity index (χ0) is 17.1. The van der Waals surface area contributed by atoms with Crippen LogP contribution >= 0.6 is 0 Å². The highest BCUT2D eigenvalue weighted by atomic mass is 15.2. The van der Waals surface area contributed by atoms with Gasteiger partial charge in [-0.15, -0.1) is 6.42 Å². The zero-order valence-corrected chi connectivity index (χ0v) is 14.2. The molecule has 25 heavy (non-hydrogen) atoms. The number of nitrogens with one attached hydrogen (secondary N) is 2. The topological polar surface area (TPSA) is 44.0 Å². The number of terminal acetylenes is 1. The first kappa shape index (κ1) is 15.7. The van der Waals surface area contributed by atoms with Crippen LogP contribution in [0.15, 0.2) is 48.7 Å². The van der Waals surface area contributed by atoms with Gasteiger partial charge in [0.15, 0.2) is 0 Å². The minimum absolute atomic E-state index is 0.475. The van der Waals surface area contributed by atoms with Crippen molar-refractivity contribution >= 4 is 16.6 Å². The lowest BCUT2D eigenvalue weighted by molar-refractivity contribution is 0.208. The highest BCUT2D eigenvalue weighted by Crippen LogP contribution is 2.21. The first-order valence-electron chi connectivity index (χ1n) is 8.78. The van der Waals surface area contributed by atoms with Crippen molar-refractivity contribution in [2.45, 2.75) is 25.4 Å². The molecule has 0 unspecified atom stereocenters. The summed E-state index contributed by atoms with van der Waals surface area (Å²) in [6.45, 7) is 3.18. The third kappa shape index (κ3) is 3.67. The number of fused-ring (bicyclic) bond motifs is 1. The number of benzene rings is 2. The van der Waals surface area contributed by atoms with Gasteiger partial charge in [0.25, 0.3) is 0 Å². The third-order valence-electron chi connectivity index (χ3n) is 4.84. The summed E-state index contributed by atoms with van der Waals surface area (Å²) in [6, 6.07) is 15.2. The molecular weight excluding hydrogens is 308 g/mol. The molecule has 2 N–H and O–H groups in total. The van der Waals surface area contributed by atoms with Gasteiger partial charge in [0.05, 0.1) is 11.7 Å². The monoisotopic (exact) mass is 330 g/mol. The standard InChI is InChI=1S/C21H22N4/c1-2-16-5-7-17(8-6-16)14-25-11-3-4-20(15-25)23-19-9-10-21-18(12-19)13-22-24-21/h1,5-10,12-13,20,23H,3-4,11,14-15H2,(H,22,24)/t20-/m1/s1. The highest BCUT2D eigenvalue weighted by Gasteiger charge is 2.20. The van der Waals surface area contributed by atoms with Crippen molar-refractivity contribution in [3.63, 3.8) is 0 Å². The number of likely N-dealkylation sites (tertiary alicyclic amines) is 1. The van der Waals surface area contributed by atoms with E-state index in [-0.39, 0.29) is 0 Å². The summed E-state index contributed by atoms with van der Waals surface area (Å²) in [7, 11) is 0. The van der Waals surface area contributed by atoms with E-state index in [0.29, 0.717) is 6.04 Å². The maximum atomic E-state index is 5.43. The molecule has 1 saturated heterocycles. The molecule has 2 heterocycles. The van der Waals surface area contributed by atoms with Crippen LogP contribution in [0.2, 0.25) is 0 Å². The van der Waals surface area contributed by atoms with Gasteiger partial charge >= 0.3 is 0 Å². The molecule has 4 heteroatoms. The summed E-state index contributed by atoms with van der Waals surface area (Å²) < 4.78 is 0. The number of H-pyrrole nitrogens is 1. The number of nitrogens with zero attached hydrogens (tertiary/aromatic N) is 2. The van der Waals surface area contributed by atoms with Gasteiger partial charge in [0.2, 0.25) is 0 Å². The minimum Gasteiger partial charge on any atom is -0.381 e. The van der Waals surface area contributed by atoms with Crippen LogP contribution < -0.4 is 5.32 Å². The predicted molar refractivity (Wildman–Crippen MR) is 102 cm³/mol. The molecule has 126 valence electrons. The average Bonchev–Trinajstić information content (AvgIpc) is 3.10. The summed E-state index contributed by atoms with van der Waals surface area (Å²) >= 11 is 0. The second kappa shape index (κ2) is 7.00. The molecule has 1 aliphatic rings. The molecule has 2 aromatic carbocycles. The lowest BCUT2D eigenvalue weighted by Crippen LogP contribution is -2.41. The summed E-state index contributed by atoms with van der Waals surface area (Å²) in [5.41, 5.74) is 4.50. The molecule has 1 atom stereocenters. The van der Waals surface area contributed by atoms with Crippen LogP contribution in [-0.4, -0.2) is 34.2 Å². The van der Waals surface area contributed by atoms with Crippen LogP contribution in [0.3, 0.4) is 0 Å². The molecular formula is C21H22N4. The van der Waals surface area contributed by atoms with Crippen LogP contribution in [-0.2, 0) is 6.54 Å². The van der Waals surface area contributed by atoms with Crippen LogP contribution in [0.1, 0.15) is 24.0 Å². The lowest BCUT2D eigenvalue weighted by atomic mass is 10.0. The second-order valence-corrected chi connectivity index (χ2v) is 6.73. The molecule has 1 aliphatic heterocycles. The maximum absolute atomic E-state index is 5.43. The van der Waals surface area contributed by atoms with Crippen LogP contribution in [0.4, 0.5) is 5.69 Å². The van der Waals surface area contributed by atoms with E-state index in [0.717, 1.165) is 36.1 Å². The molecule has 4 rings (SSSR count). The Labute approximate surface area is 148 Å². The highest BCUT2D eigenvalue weighted by molar-refractivity contribution is 5.81. The number of anilines is 1. The Morgan fingerprint density at radius 2 is 2.12 bits per heavy atom. The van der Waals surface area contributed by atoms with Gasteiger partial charge in [0.1, 0.15) is 0 Å². The van der Waals surface area contributed by atoms with Gasteiger partial charge in [-0.3, -0.25) is 10.00 Å². The number of aromatic nitrogens is 2. The molecule has 1 aromatic heterocycles. The summed E-state index contributed by atoms with van der Waals surface area (Å²) in [6.07, 6.45) is 9.72. The largest absolute Gasteiger partial charge is 0.381 e. The van der Waals surface area contributed by atoms with Crippen molar-refractivity contribution in [2.24, 2.45) is 0 Å². The average molecular weight is 330 g/mol. The smallest absolute Gasteiger partial charge is 0.0651 e. The van der Waals surface area contributed by atoms with Crippen molar-refractivity contribution in [3.8, 4) is 12.3 Å². The van der Waals surface area contributed by atoms with Crippen molar-refractivity contribution < 1.29 is 0 Å². The molecule has 0 spiro atoms. The van der Waals surface area contributed by atoms with E-state index in [1.807, 2.05) is 18.3 Å². The molecule has 3 aromatic rings. The Morgan fingerprint density at radius 3 is 2.96 bits per heavy atom. The van der Waals surface area contributed by atoms with Gasteiger partial charge in [0, 0.05) is 35.8 Å². The normalized spacial score (nSPS) is 18.1. The number of hydrogen-bond acceptors (Lipinski definition) is 3. The van der Waals surface area contributed by atoms with E-state index in [9.17, 15) is 0 Å². The van der Waals surface area contributed by atoms with Crippen LogP contribution in [0.5, 0.6) is 0 Å². The van der Waals surface area contributed by atoms with Crippen molar-refractivity contribution in [2.75, 3.05) is 18.4 Å². The summed E-state index contributed by atoms with van der Waals surface area (Å²) in [5, 5.41) is 11.9. The minimum atomic E-state index is 0.475. The Kier molecular flexibility index (Phi) is 4.41. The molecule has 0 radical (unpaired) electrons. The summed E-state index contributed by atoms with van der Waals surface area (Å²) in [5.74, 6) is 2.67. The first-order valence-corrected chi connectivity index (χ1v) is 8.78. The number of aromatic amines is 1. The van der Waals surface area contributed by atoms with E-state index in [1.165, 1.54) is 24.1 Å². The van der Waals surface area contributed by atoms with Crippen molar-refractivity contribution in [1.29, 1.82) is 0 Å². The molecule has 0 amide bonds. The Morgan fingerprint density at radius 1 is 1.24 bits per heavy atom. The van der Waals surface area contributed by atoms with Gasteiger partial charge in [-0.1, -0.05) is 18.1 Å². The van der Waals surface area contributed by atoms with E-state index >= 15 is 0 Å². The van der Waals surface area contributed by atoms with Gasteiger partial charge in [-0.2, -0.15) is 5.10 Å². The first-order chi connectivity index (χ1) is 12.3. The van der Waals surface area contributed by atoms with Crippen molar-refractivity contribution in [3.05, 3.63) is 59.8 Å². The third-order valence-corrected chi connectivity index (χ3v) is 4.84. The Balaban J connectivity index is 1.39. The van der Waals surface area contributed by atoms with E-state index in [1.54, 1.807) is 0 Å². The quantitative estimate of drug-likeness (QED) is 0.718. The SMILES string of the molecule is C#Cc1ccc(CN2CCC[C@@H](Nc3ccc4[nH]ncc4c3)C2)cc1.